The van der Waals surface area contributed by atoms with Crippen LogP contribution < -0.4 is 0 Å². The fraction of sp³-hybridized carbons (Fsp3) is 0.438. The predicted octanol–water partition coefficient (Wildman–Crippen LogP) is 4.09. The van der Waals surface area contributed by atoms with Crippen molar-refractivity contribution in [2.45, 2.75) is 33.6 Å². The van der Waals surface area contributed by atoms with E-state index in [9.17, 15) is 0 Å². The number of hydrogen-bond acceptors (Lipinski definition) is 2. The monoisotopic (exact) mass is 244 g/mol. The van der Waals surface area contributed by atoms with Gasteiger partial charge in [-0.1, -0.05) is 32.6 Å². The molecule has 1 aliphatic rings. The summed E-state index contributed by atoms with van der Waals surface area (Å²) in [5, 5.41) is 0. The van der Waals surface area contributed by atoms with E-state index in [1.807, 2.05) is 18.5 Å². The van der Waals surface area contributed by atoms with Crippen LogP contribution in [0.25, 0.3) is 0 Å². The second-order valence-electron chi connectivity index (χ2n) is 4.54. The molecule has 1 heterocycles. The van der Waals surface area contributed by atoms with Crippen molar-refractivity contribution >= 4 is 6.21 Å². The minimum atomic E-state index is 1.02. The van der Waals surface area contributed by atoms with E-state index in [4.69, 9.17) is 0 Å². The van der Waals surface area contributed by atoms with Gasteiger partial charge in [-0.3, -0.25) is 4.99 Å². The first-order chi connectivity index (χ1) is 8.69. The molecule has 0 aromatic heterocycles. The second-order valence-corrected chi connectivity index (χ2v) is 4.54. The van der Waals surface area contributed by atoms with Gasteiger partial charge in [-0.2, -0.15) is 0 Å². The molecule has 18 heavy (non-hydrogen) atoms. The van der Waals surface area contributed by atoms with Gasteiger partial charge >= 0.3 is 0 Å². The Morgan fingerprint density at radius 1 is 1.33 bits per heavy atom. The molecule has 0 aromatic rings. The summed E-state index contributed by atoms with van der Waals surface area (Å²) in [6, 6.07) is 0. The van der Waals surface area contributed by atoms with E-state index >= 15 is 0 Å². The van der Waals surface area contributed by atoms with Crippen LogP contribution in [0.4, 0.5) is 0 Å². The molecule has 0 saturated heterocycles. The predicted molar refractivity (Wildman–Crippen MR) is 80.8 cm³/mol. The van der Waals surface area contributed by atoms with Gasteiger partial charge < -0.3 is 4.90 Å². The molecule has 0 aliphatic carbocycles. The Morgan fingerprint density at radius 2 is 1.94 bits per heavy atom. The largest absolute Gasteiger partial charge is 0.375 e. The maximum absolute atomic E-state index is 4.00. The molecule has 0 fully saturated rings. The number of nitrogens with zero attached hydrogens (tertiary/aromatic N) is 2. The smallest absolute Gasteiger partial charge is 0.0361 e. The summed E-state index contributed by atoms with van der Waals surface area (Å²) in [5.74, 6) is 0. The zero-order chi connectivity index (χ0) is 13.4. The van der Waals surface area contributed by atoms with E-state index in [0.29, 0.717) is 0 Å². The van der Waals surface area contributed by atoms with E-state index < -0.39 is 0 Å². The summed E-state index contributed by atoms with van der Waals surface area (Å²) < 4.78 is 0. The van der Waals surface area contributed by atoms with Crippen LogP contribution in [0.5, 0.6) is 0 Å². The highest BCUT2D eigenvalue weighted by Crippen LogP contribution is 2.13. The fourth-order valence-corrected chi connectivity index (χ4v) is 1.82. The number of aliphatic imine (C=N–C) groups is 1. The second kappa shape index (κ2) is 7.70. The molecule has 1 aliphatic heterocycles. The highest BCUT2D eigenvalue weighted by Gasteiger charge is 2.02. The molecule has 0 amide bonds. The van der Waals surface area contributed by atoms with Crippen molar-refractivity contribution in [3.63, 3.8) is 0 Å². The lowest BCUT2D eigenvalue weighted by atomic mass is 10.1. The van der Waals surface area contributed by atoms with Crippen LogP contribution in [0.1, 0.15) is 33.6 Å². The van der Waals surface area contributed by atoms with Gasteiger partial charge in [0.05, 0.1) is 0 Å². The van der Waals surface area contributed by atoms with E-state index in [1.165, 1.54) is 18.5 Å². The first-order valence-corrected chi connectivity index (χ1v) is 6.71. The molecule has 2 heteroatoms. The van der Waals surface area contributed by atoms with Gasteiger partial charge in [-0.05, 0) is 31.4 Å². The van der Waals surface area contributed by atoms with Crippen molar-refractivity contribution < 1.29 is 0 Å². The van der Waals surface area contributed by atoms with Crippen LogP contribution in [0.3, 0.4) is 0 Å². The van der Waals surface area contributed by atoms with Gasteiger partial charge in [-0.25, -0.2) is 0 Å². The fourth-order valence-electron chi connectivity index (χ4n) is 1.82. The average Bonchev–Trinajstić information content (AvgIpc) is 2.26. The molecule has 0 unspecified atom stereocenters. The maximum atomic E-state index is 4.00. The Morgan fingerprint density at radius 3 is 2.39 bits per heavy atom. The molecule has 2 nitrogen and oxygen atoms in total. The molecule has 0 saturated carbocycles. The zero-order valence-corrected chi connectivity index (χ0v) is 11.8. The van der Waals surface area contributed by atoms with E-state index in [2.05, 4.69) is 49.4 Å². The lowest BCUT2D eigenvalue weighted by molar-refractivity contribution is 0.345. The van der Waals surface area contributed by atoms with Crippen LogP contribution in [-0.2, 0) is 0 Å². The molecule has 0 bridgehead atoms. The van der Waals surface area contributed by atoms with Crippen molar-refractivity contribution in [2.24, 2.45) is 4.99 Å². The van der Waals surface area contributed by atoms with E-state index in [-0.39, 0.29) is 0 Å². The first kappa shape index (κ1) is 14.5. The molecule has 0 radical (unpaired) electrons. The van der Waals surface area contributed by atoms with Gasteiger partial charge in [0.25, 0.3) is 0 Å². The van der Waals surface area contributed by atoms with E-state index in [0.717, 1.165) is 24.2 Å². The van der Waals surface area contributed by atoms with Gasteiger partial charge in [-0.15, -0.1) is 0 Å². The van der Waals surface area contributed by atoms with Crippen molar-refractivity contribution in [1.82, 2.24) is 4.90 Å². The highest BCUT2D eigenvalue weighted by molar-refractivity contribution is 5.90. The van der Waals surface area contributed by atoms with Crippen molar-refractivity contribution in [2.75, 3.05) is 13.1 Å². The molecular weight excluding hydrogens is 220 g/mol. The topological polar surface area (TPSA) is 15.6 Å². The lowest BCUT2D eigenvalue weighted by Gasteiger charge is -2.24. The third kappa shape index (κ3) is 4.36. The summed E-state index contributed by atoms with van der Waals surface area (Å²) in [7, 11) is 0. The Bertz CT molecular complexity index is 391. The van der Waals surface area contributed by atoms with Crippen LogP contribution in [0, 0.1) is 0 Å². The average molecular weight is 244 g/mol. The summed E-state index contributed by atoms with van der Waals surface area (Å²) in [6.45, 7) is 12.9. The third-order valence-electron chi connectivity index (χ3n) is 2.92. The summed E-state index contributed by atoms with van der Waals surface area (Å²) in [6.07, 6.45) is 12.3. The van der Waals surface area contributed by atoms with Crippen molar-refractivity contribution in [3.8, 4) is 0 Å². The first-order valence-electron chi connectivity index (χ1n) is 6.71. The minimum absolute atomic E-state index is 1.02. The summed E-state index contributed by atoms with van der Waals surface area (Å²) in [4.78, 5) is 6.36. The van der Waals surface area contributed by atoms with Crippen LogP contribution >= 0.6 is 0 Å². The molecule has 0 aromatic carbocycles. The van der Waals surface area contributed by atoms with Crippen molar-refractivity contribution in [3.05, 3.63) is 47.9 Å². The van der Waals surface area contributed by atoms with Crippen LogP contribution in [0.15, 0.2) is 52.8 Å². The minimum Gasteiger partial charge on any atom is -0.375 e. The molecule has 1 rings (SSSR count). The summed E-state index contributed by atoms with van der Waals surface area (Å²) >= 11 is 0. The van der Waals surface area contributed by atoms with Crippen molar-refractivity contribution in [1.29, 1.82) is 0 Å². The van der Waals surface area contributed by atoms with Gasteiger partial charge in [0.15, 0.2) is 0 Å². The Labute approximate surface area is 111 Å². The van der Waals surface area contributed by atoms with E-state index in [1.54, 1.807) is 0 Å². The Kier molecular flexibility index (Phi) is 6.20. The quantitative estimate of drug-likeness (QED) is 0.587. The molecular formula is C16H24N2. The number of allylic oxidation sites excluding steroid dienone is 6. The Balaban J connectivity index is 2.52. The molecule has 0 atom stereocenters. The molecule has 0 N–H and O–H groups in total. The zero-order valence-electron chi connectivity index (χ0n) is 11.8. The molecule has 0 spiro atoms. The number of rotatable bonds is 8. The van der Waals surface area contributed by atoms with Gasteiger partial charge in [0.1, 0.15) is 0 Å². The normalized spacial score (nSPS) is 14.6. The maximum Gasteiger partial charge on any atom is 0.0361 e. The lowest BCUT2D eigenvalue weighted by Crippen LogP contribution is -2.23. The highest BCUT2D eigenvalue weighted by atomic mass is 15.1. The standard InChI is InChI=1S/C16H24N2/c1-5-10-18(11-6-2)15(4)9-7-8-14(3)16-12-17-13-16/h7-9,12-13H,3,5-6,10-11H2,1-2,4H3/b8-7-,15-9+. The van der Waals surface area contributed by atoms with Gasteiger partial charge in [0, 0.05) is 36.8 Å². The third-order valence-corrected chi connectivity index (χ3v) is 2.92. The Hall–Kier alpha value is -1.57. The SMILES string of the molecule is C=C(/C=C\C=C(/C)N(CCC)CCC)C1=CN=C1. The summed E-state index contributed by atoms with van der Waals surface area (Å²) in [5.41, 5.74) is 3.46. The molecule has 98 valence electrons. The number of hydrogen-bond donors (Lipinski definition) is 0. The van der Waals surface area contributed by atoms with Gasteiger partial charge in [0.2, 0.25) is 0 Å². The van der Waals surface area contributed by atoms with Crippen LogP contribution in [0.2, 0.25) is 0 Å². The van der Waals surface area contributed by atoms with Crippen LogP contribution in [-0.4, -0.2) is 24.2 Å².